The highest BCUT2D eigenvalue weighted by Gasteiger charge is 1.98. The fourth-order valence-corrected chi connectivity index (χ4v) is 0.122. The summed E-state index contributed by atoms with van der Waals surface area (Å²) in [7, 11) is 3.80. The van der Waals surface area contributed by atoms with Gasteiger partial charge in [-0.2, -0.15) is 0 Å². The van der Waals surface area contributed by atoms with Crippen LogP contribution >= 0.6 is 0 Å². The molecular weight excluding hydrogens is 92.1 g/mol. The number of nitrogens with zero attached hydrogens (tertiary/aromatic N) is 1. The van der Waals surface area contributed by atoms with Crippen molar-refractivity contribution in [2.24, 2.45) is 5.90 Å². The minimum atomic E-state index is 0.0139. The van der Waals surface area contributed by atoms with E-state index in [1.54, 1.807) is 0 Å². The lowest BCUT2D eigenvalue weighted by Gasteiger charge is -2.15. The van der Waals surface area contributed by atoms with Crippen molar-refractivity contribution in [2.75, 3.05) is 14.1 Å². The summed E-state index contributed by atoms with van der Waals surface area (Å²) < 4.78 is 0. The zero-order chi connectivity index (χ0) is 5.86. The van der Waals surface area contributed by atoms with Crippen molar-refractivity contribution in [3.05, 3.63) is 0 Å². The standard InChI is InChI=1S/C4H12N2O/c1-4(7-5)6(2)3/h4H,5H2,1-3H3. The molecule has 0 aliphatic heterocycles. The molecule has 3 nitrogen and oxygen atoms in total. The zero-order valence-electron chi connectivity index (χ0n) is 5.01. The topological polar surface area (TPSA) is 38.5 Å². The first kappa shape index (κ1) is 6.88. The van der Waals surface area contributed by atoms with E-state index >= 15 is 0 Å². The van der Waals surface area contributed by atoms with E-state index in [1.807, 2.05) is 25.9 Å². The van der Waals surface area contributed by atoms with Gasteiger partial charge in [0.25, 0.3) is 0 Å². The van der Waals surface area contributed by atoms with Crippen LogP contribution in [0.2, 0.25) is 0 Å². The molecule has 0 saturated carbocycles. The van der Waals surface area contributed by atoms with E-state index in [4.69, 9.17) is 5.90 Å². The summed E-state index contributed by atoms with van der Waals surface area (Å²) in [5.74, 6) is 4.83. The van der Waals surface area contributed by atoms with Crippen LogP contribution in [-0.2, 0) is 4.84 Å². The van der Waals surface area contributed by atoms with Gasteiger partial charge in [0, 0.05) is 0 Å². The largest absolute Gasteiger partial charge is 0.286 e. The second kappa shape index (κ2) is 2.96. The Labute approximate surface area is 44.0 Å². The van der Waals surface area contributed by atoms with Gasteiger partial charge in [0.1, 0.15) is 6.23 Å². The lowest BCUT2D eigenvalue weighted by atomic mass is 10.6. The predicted octanol–water partition coefficient (Wildman–Crippen LogP) is -0.216. The molecule has 0 amide bonds. The molecule has 0 aromatic heterocycles. The first-order valence-electron chi connectivity index (χ1n) is 2.20. The molecule has 1 unspecified atom stereocenters. The van der Waals surface area contributed by atoms with Gasteiger partial charge in [0.15, 0.2) is 0 Å². The average Bonchev–Trinajstić information content (AvgIpc) is 1.65. The Kier molecular flexibility index (Phi) is 2.91. The van der Waals surface area contributed by atoms with Crippen molar-refractivity contribution in [1.29, 1.82) is 0 Å². The molecule has 0 aromatic rings. The fourth-order valence-electron chi connectivity index (χ4n) is 0.122. The SMILES string of the molecule is CC(ON)N(C)C. The lowest BCUT2D eigenvalue weighted by molar-refractivity contribution is -0.0242. The second-order valence-electron chi connectivity index (χ2n) is 1.70. The lowest BCUT2D eigenvalue weighted by Crippen LogP contribution is -2.29. The highest BCUT2D eigenvalue weighted by molar-refractivity contribution is 4.38. The molecule has 0 saturated heterocycles. The van der Waals surface area contributed by atoms with Gasteiger partial charge in [-0.05, 0) is 21.0 Å². The maximum Gasteiger partial charge on any atom is 0.128 e. The number of rotatable bonds is 2. The number of hydrogen-bond donors (Lipinski definition) is 1. The number of hydrogen-bond acceptors (Lipinski definition) is 3. The summed E-state index contributed by atoms with van der Waals surface area (Å²) in [6, 6.07) is 0. The Morgan fingerprint density at radius 3 is 2.00 bits per heavy atom. The van der Waals surface area contributed by atoms with Gasteiger partial charge < -0.3 is 0 Å². The van der Waals surface area contributed by atoms with Crippen molar-refractivity contribution < 1.29 is 4.84 Å². The van der Waals surface area contributed by atoms with E-state index < -0.39 is 0 Å². The van der Waals surface area contributed by atoms with E-state index in [-0.39, 0.29) is 6.23 Å². The number of nitrogens with two attached hydrogens (primary N) is 1. The van der Waals surface area contributed by atoms with Crippen LogP contribution in [0.4, 0.5) is 0 Å². The average molecular weight is 104 g/mol. The third kappa shape index (κ3) is 2.56. The molecule has 2 N–H and O–H groups in total. The van der Waals surface area contributed by atoms with Gasteiger partial charge in [-0.15, -0.1) is 0 Å². The van der Waals surface area contributed by atoms with Crippen molar-refractivity contribution >= 4 is 0 Å². The Morgan fingerprint density at radius 2 is 2.00 bits per heavy atom. The molecule has 0 aliphatic rings. The highest BCUT2D eigenvalue weighted by atomic mass is 16.6. The van der Waals surface area contributed by atoms with Crippen molar-refractivity contribution in [3.63, 3.8) is 0 Å². The van der Waals surface area contributed by atoms with E-state index in [0.717, 1.165) is 0 Å². The predicted molar refractivity (Wildman–Crippen MR) is 28.4 cm³/mol. The highest BCUT2D eigenvalue weighted by Crippen LogP contribution is 1.85. The maximum atomic E-state index is 4.83. The quantitative estimate of drug-likeness (QED) is 0.389. The molecule has 0 aliphatic carbocycles. The molecule has 0 radical (unpaired) electrons. The van der Waals surface area contributed by atoms with Crippen molar-refractivity contribution in [1.82, 2.24) is 4.90 Å². The van der Waals surface area contributed by atoms with Crippen LogP contribution in [0.3, 0.4) is 0 Å². The first-order chi connectivity index (χ1) is 3.18. The van der Waals surface area contributed by atoms with E-state index in [1.165, 1.54) is 0 Å². The molecule has 1 atom stereocenters. The zero-order valence-corrected chi connectivity index (χ0v) is 5.01. The second-order valence-corrected chi connectivity index (χ2v) is 1.70. The summed E-state index contributed by atoms with van der Waals surface area (Å²) in [6.45, 7) is 1.88. The molecule has 0 rings (SSSR count). The molecule has 3 heteroatoms. The van der Waals surface area contributed by atoms with Crippen molar-refractivity contribution in [3.8, 4) is 0 Å². The van der Waals surface area contributed by atoms with Gasteiger partial charge in [0.2, 0.25) is 0 Å². The summed E-state index contributed by atoms with van der Waals surface area (Å²) >= 11 is 0. The van der Waals surface area contributed by atoms with E-state index in [0.29, 0.717) is 0 Å². The maximum absolute atomic E-state index is 4.83. The van der Waals surface area contributed by atoms with Crippen LogP contribution in [-0.4, -0.2) is 25.2 Å². The molecule has 0 fully saturated rings. The summed E-state index contributed by atoms with van der Waals surface area (Å²) in [5.41, 5.74) is 0. The van der Waals surface area contributed by atoms with Crippen LogP contribution in [0.25, 0.3) is 0 Å². The minimum Gasteiger partial charge on any atom is -0.286 e. The fraction of sp³-hybridized carbons (Fsp3) is 1.00. The summed E-state index contributed by atoms with van der Waals surface area (Å²) in [5, 5.41) is 0. The van der Waals surface area contributed by atoms with Gasteiger partial charge in [-0.25, -0.2) is 5.90 Å². The first-order valence-corrected chi connectivity index (χ1v) is 2.20. The monoisotopic (exact) mass is 104 g/mol. The van der Waals surface area contributed by atoms with Gasteiger partial charge >= 0.3 is 0 Å². The Bertz CT molecular complexity index is 47.0. The molecule has 0 heterocycles. The molecular formula is C4H12N2O. The van der Waals surface area contributed by atoms with E-state index in [2.05, 4.69) is 4.84 Å². The molecule has 7 heavy (non-hydrogen) atoms. The summed E-state index contributed by atoms with van der Waals surface area (Å²) in [4.78, 5) is 6.31. The van der Waals surface area contributed by atoms with Gasteiger partial charge in [-0.1, -0.05) is 0 Å². The van der Waals surface area contributed by atoms with Crippen LogP contribution in [0.5, 0.6) is 0 Å². The van der Waals surface area contributed by atoms with Crippen LogP contribution < -0.4 is 5.90 Å². The molecule has 0 spiro atoms. The van der Waals surface area contributed by atoms with Crippen molar-refractivity contribution in [2.45, 2.75) is 13.2 Å². The third-order valence-electron chi connectivity index (χ3n) is 0.924. The third-order valence-corrected chi connectivity index (χ3v) is 0.924. The smallest absolute Gasteiger partial charge is 0.128 e. The normalized spacial score (nSPS) is 15.0. The Balaban J connectivity index is 3.14. The van der Waals surface area contributed by atoms with Crippen LogP contribution in [0, 0.1) is 0 Å². The molecule has 0 bridgehead atoms. The van der Waals surface area contributed by atoms with Crippen LogP contribution in [0.15, 0.2) is 0 Å². The summed E-state index contributed by atoms with van der Waals surface area (Å²) in [6.07, 6.45) is 0.0139. The van der Waals surface area contributed by atoms with Gasteiger partial charge in [0.05, 0.1) is 0 Å². The Hall–Kier alpha value is -0.120. The molecule has 0 aromatic carbocycles. The minimum absolute atomic E-state index is 0.0139. The van der Waals surface area contributed by atoms with Gasteiger partial charge in [-0.3, -0.25) is 9.74 Å². The molecule has 44 valence electrons. The Morgan fingerprint density at radius 1 is 1.57 bits per heavy atom. The van der Waals surface area contributed by atoms with E-state index in [9.17, 15) is 0 Å². The van der Waals surface area contributed by atoms with Crippen LogP contribution in [0.1, 0.15) is 6.92 Å².